The van der Waals surface area contributed by atoms with Crippen molar-refractivity contribution in [2.75, 3.05) is 23.9 Å². The molecular weight excluding hydrogens is 424 g/mol. The standard InChI is InChI=1S/C21H19ClN4O3S/c1-29-17-5-3-2-4-13(17)10-18-24-25-21(30-18)23-20(28)14-11-19(27)26(12-14)16-8-6-15(22)7-9-16/h2-9,14H,10-12H2,1H3,(H,23,25,28). The van der Waals surface area contributed by atoms with E-state index in [1.165, 1.54) is 11.3 Å². The van der Waals surface area contributed by atoms with E-state index in [0.717, 1.165) is 22.0 Å². The quantitative estimate of drug-likeness (QED) is 0.628. The van der Waals surface area contributed by atoms with E-state index >= 15 is 0 Å². The summed E-state index contributed by atoms with van der Waals surface area (Å²) in [6.45, 7) is 0.319. The molecule has 1 aliphatic rings. The van der Waals surface area contributed by atoms with Gasteiger partial charge in [-0.3, -0.25) is 9.59 Å². The predicted molar refractivity (Wildman–Crippen MR) is 116 cm³/mol. The van der Waals surface area contributed by atoms with E-state index in [2.05, 4.69) is 15.5 Å². The fourth-order valence-corrected chi connectivity index (χ4v) is 4.24. The fraction of sp³-hybridized carbons (Fsp3) is 0.238. The van der Waals surface area contributed by atoms with Crippen molar-refractivity contribution in [2.45, 2.75) is 12.8 Å². The number of rotatable bonds is 6. The summed E-state index contributed by atoms with van der Waals surface area (Å²) in [5, 5.41) is 12.8. The SMILES string of the molecule is COc1ccccc1Cc1nnc(NC(=O)C2CC(=O)N(c3ccc(Cl)cc3)C2)s1. The zero-order chi connectivity index (χ0) is 21.1. The van der Waals surface area contributed by atoms with Crippen LogP contribution in [-0.4, -0.2) is 35.7 Å². The average molecular weight is 443 g/mol. The van der Waals surface area contributed by atoms with Crippen molar-refractivity contribution < 1.29 is 14.3 Å². The van der Waals surface area contributed by atoms with Gasteiger partial charge in [0.05, 0.1) is 13.0 Å². The lowest BCUT2D eigenvalue weighted by atomic mass is 10.1. The number of aromatic nitrogens is 2. The number of carbonyl (C=O) groups excluding carboxylic acids is 2. The molecule has 7 nitrogen and oxygen atoms in total. The Kier molecular flexibility index (Phi) is 5.96. The van der Waals surface area contributed by atoms with Crippen LogP contribution in [0, 0.1) is 5.92 Å². The molecule has 4 rings (SSSR count). The molecule has 2 aromatic carbocycles. The average Bonchev–Trinajstić information content (AvgIpc) is 3.35. The van der Waals surface area contributed by atoms with Gasteiger partial charge in [-0.2, -0.15) is 0 Å². The van der Waals surface area contributed by atoms with E-state index in [4.69, 9.17) is 16.3 Å². The summed E-state index contributed by atoms with van der Waals surface area (Å²) in [5.41, 5.74) is 1.73. The van der Waals surface area contributed by atoms with E-state index in [-0.39, 0.29) is 18.2 Å². The molecule has 1 aliphatic heterocycles. The molecule has 0 saturated carbocycles. The predicted octanol–water partition coefficient (Wildman–Crippen LogP) is 3.78. The van der Waals surface area contributed by atoms with E-state index in [1.807, 2.05) is 24.3 Å². The number of ether oxygens (including phenoxy) is 1. The van der Waals surface area contributed by atoms with Gasteiger partial charge >= 0.3 is 0 Å². The normalized spacial score (nSPS) is 16.0. The van der Waals surface area contributed by atoms with Crippen molar-refractivity contribution >= 4 is 45.6 Å². The maximum Gasteiger partial charge on any atom is 0.231 e. The number of halogens is 1. The second kappa shape index (κ2) is 8.81. The highest BCUT2D eigenvalue weighted by atomic mass is 35.5. The molecule has 1 aromatic heterocycles. The summed E-state index contributed by atoms with van der Waals surface area (Å²) < 4.78 is 5.36. The van der Waals surface area contributed by atoms with Crippen LogP contribution in [0.4, 0.5) is 10.8 Å². The maximum atomic E-state index is 12.7. The highest BCUT2D eigenvalue weighted by Gasteiger charge is 2.35. The molecular formula is C21H19ClN4O3S. The lowest BCUT2D eigenvalue weighted by Crippen LogP contribution is -2.28. The third-order valence-electron chi connectivity index (χ3n) is 4.87. The molecule has 0 spiro atoms. The van der Waals surface area contributed by atoms with E-state index in [9.17, 15) is 9.59 Å². The molecule has 3 aromatic rings. The Morgan fingerprint density at radius 3 is 2.77 bits per heavy atom. The van der Waals surface area contributed by atoms with Gasteiger partial charge in [0.2, 0.25) is 16.9 Å². The number of methoxy groups -OCH3 is 1. The first kappa shape index (κ1) is 20.3. The Bertz CT molecular complexity index is 1070. The van der Waals surface area contributed by atoms with Gasteiger partial charge in [0.1, 0.15) is 10.8 Å². The largest absolute Gasteiger partial charge is 0.496 e. The molecule has 9 heteroatoms. The minimum absolute atomic E-state index is 0.0911. The minimum Gasteiger partial charge on any atom is -0.496 e. The Labute approximate surface area is 182 Å². The molecule has 0 radical (unpaired) electrons. The summed E-state index contributed by atoms with van der Waals surface area (Å²) in [6, 6.07) is 14.7. The van der Waals surface area contributed by atoms with E-state index in [0.29, 0.717) is 23.1 Å². The summed E-state index contributed by atoms with van der Waals surface area (Å²) in [7, 11) is 1.63. The van der Waals surface area contributed by atoms with Crippen LogP contribution in [0.15, 0.2) is 48.5 Å². The number of amides is 2. The molecule has 1 atom stereocenters. The molecule has 1 fully saturated rings. The smallest absolute Gasteiger partial charge is 0.231 e. The first-order valence-electron chi connectivity index (χ1n) is 9.34. The summed E-state index contributed by atoms with van der Waals surface area (Å²) in [6.07, 6.45) is 0.713. The van der Waals surface area contributed by atoms with Gasteiger partial charge < -0.3 is 15.0 Å². The molecule has 0 aliphatic carbocycles. The molecule has 0 bridgehead atoms. The van der Waals surface area contributed by atoms with Gasteiger partial charge in [-0.25, -0.2) is 0 Å². The van der Waals surface area contributed by atoms with Crippen molar-refractivity contribution in [3.8, 4) is 5.75 Å². The maximum absolute atomic E-state index is 12.7. The topological polar surface area (TPSA) is 84.4 Å². The van der Waals surface area contributed by atoms with Gasteiger partial charge in [-0.1, -0.05) is 41.1 Å². The van der Waals surface area contributed by atoms with Gasteiger partial charge in [0.15, 0.2) is 0 Å². The fourth-order valence-electron chi connectivity index (χ4n) is 3.35. The van der Waals surface area contributed by atoms with Crippen LogP contribution >= 0.6 is 22.9 Å². The Hall–Kier alpha value is -2.97. The van der Waals surface area contributed by atoms with Crippen LogP contribution in [0.2, 0.25) is 5.02 Å². The second-order valence-electron chi connectivity index (χ2n) is 6.86. The monoisotopic (exact) mass is 442 g/mol. The number of nitrogens with zero attached hydrogens (tertiary/aromatic N) is 3. The third kappa shape index (κ3) is 4.44. The molecule has 30 heavy (non-hydrogen) atoms. The van der Waals surface area contributed by atoms with Crippen LogP contribution in [0.25, 0.3) is 0 Å². The lowest BCUT2D eigenvalue weighted by Gasteiger charge is -2.16. The molecule has 1 N–H and O–H groups in total. The van der Waals surface area contributed by atoms with Crippen LogP contribution in [0.1, 0.15) is 17.0 Å². The van der Waals surface area contributed by atoms with Crippen molar-refractivity contribution in [3.05, 3.63) is 64.1 Å². The van der Waals surface area contributed by atoms with Crippen molar-refractivity contribution in [1.82, 2.24) is 10.2 Å². The van der Waals surface area contributed by atoms with Crippen LogP contribution in [0.3, 0.4) is 0 Å². The number of carbonyl (C=O) groups is 2. The van der Waals surface area contributed by atoms with Gasteiger partial charge in [0.25, 0.3) is 0 Å². The van der Waals surface area contributed by atoms with Crippen molar-refractivity contribution in [1.29, 1.82) is 0 Å². The Morgan fingerprint density at radius 1 is 1.23 bits per heavy atom. The van der Waals surface area contributed by atoms with Crippen LogP contribution < -0.4 is 15.0 Å². The second-order valence-corrected chi connectivity index (χ2v) is 8.36. The zero-order valence-corrected chi connectivity index (χ0v) is 17.7. The number of anilines is 2. The highest BCUT2D eigenvalue weighted by Crippen LogP contribution is 2.28. The third-order valence-corrected chi connectivity index (χ3v) is 5.96. The molecule has 1 unspecified atom stereocenters. The Balaban J connectivity index is 1.39. The minimum atomic E-state index is -0.449. The number of nitrogens with one attached hydrogen (secondary N) is 1. The molecule has 1 saturated heterocycles. The number of hydrogen-bond donors (Lipinski definition) is 1. The number of benzene rings is 2. The van der Waals surface area contributed by atoms with Crippen molar-refractivity contribution in [3.63, 3.8) is 0 Å². The first-order chi connectivity index (χ1) is 14.5. The van der Waals surface area contributed by atoms with Gasteiger partial charge in [-0.15, -0.1) is 10.2 Å². The van der Waals surface area contributed by atoms with E-state index in [1.54, 1.807) is 36.3 Å². The van der Waals surface area contributed by atoms with Crippen LogP contribution in [-0.2, 0) is 16.0 Å². The molecule has 154 valence electrons. The first-order valence-corrected chi connectivity index (χ1v) is 10.5. The lowest BCUT2D eigenvalue weighted by molar-refractivity contribution is -0.122. The van der Waals surface area contributed by atoms with E-state index < -0.39 is 5.92 Å². The summed E-state index contributed by atoms with van der Waals surface area (Å²) >= 11 is 7.22. The number of para-hydroxylation sites is 1. The van der Waals surface area contributed by atoms with Crippen molar-refractivity contribution in [2.24, 2.45) is 5.92 Å². The highest BCUT2D eigenvalue weighted by molar-refractivity contribution is 7.15. The Morgan fingerprint density at radius 2 is 2.00 bits per heavy atom. The van der Waals surface area contributed by atoms with Gasteiger partial charge in [-0.05, 0) is 30.3 Å². The van der Waals surface area contributed by atoms with Crippen LogP contribution in [0.5, 0.6) is 5.75 Å². The zero-order valence-electron chi connectivity index (χ0n) is 16.2. The molecule has 2 amide bonds. The van der Waals surface area contributed by atoms with Gasteiger partial charge in [0, 0.05) is 35.7 Å². The molecule has 2 heterocycles. The number of hydrogen-bond acceptors (Lipinski definition) is 6. The summed E-state index contributed by atoms with van der Waals surface area (Å²) in [4.78, 5) is 26.6. The summed E-state index contributed by atoms with van der Waals surface area (Å²) in [5.74, 6) is 0.00573.